The fourth-order valence-corrected chi connectivity index (χ4v) is 1.69. The lowest BCUT2D eigenvalue weighted by Gasteiger charge is -2.10. The molecule has 1 rings (SSSR count). The van der Waals surface area contributed by atoms with Crippen LogP contribution in [-0.4, -0.2) is 24.2 Å². The van der Waals surface area contributed by atoms with Crippen molar-refractivity contribution in [2.75, 3.05) is 24.2 Å². The highest BCUT2D eigenvalue weighted by Gasteiger charge is 2.04. The number of benzene rings is 1. The molecule has 0 spiro atoms. The number of carbonyl (C=O) groups is 1. The van der Waals surface area contributed by atoms with Crippen molar-refractivity contribution < 1.29 is 9.90 Å². The van der Waals surface area contributed by atoms with Crippen molar-refractivity contribution in [2.45, 2.75) is 25.7 Å². The molecule has 1 amide bonds. The molecule has 0 heterocycles. The Morgan fingerprint density at radius 2 is 1.94 bits per heavy atom. The first kappa shape index (κ1) is 14.3. The number of rotatable bonds is 8. The first-order valence-corrected chi connectivity index (χ1v) is 6.19. The topological polar surface area (TPSA) is 101 Å². The third kappa shape index (κ3) is 4.63. The number of hydrogen-bond donors (Lipinski definition) is 4. The molecule has 0 aliphatic heterocycles. The highest BCUT2D eigenvalue weighted by Crippen LogP contribution is 2.19. The number of aliphatic hydroxyl groups is 1. The summed E-state index contributed by atoms with van der Waals surface area (Å²) in [6, 6.07) is 5.01. The average Bonchev–Trinajstić information content (AvgIpc) is 2.35. The monoisotopic (exact) mass is 251 g/mol. The Balaban J connectivity index is 2.36. The van der Waals surface area contributed by atoms with E-state index in [4.69, 9.17) is 16.6 Å². The van der Waals surface area contributed by atoms with E-state index in [2.05, 4.69) is 5.32 Å². The lowest BCUT2D eigenvalue weighted by molar-refractivity contribution is 0.100. The fraction of sp³-hybridized carbons (Fsp3) is 0.462. The number of unbranched alkanes of at least 4 members (excludes halogenated alkanes) is 3. The fourth-order valence-electron chi connectivity index (χ4n) is 1.69. The molecule has 0 atom stereocenters. The number of carbonyl (C=O) groups excluding carboxylic acids is 1. The van der Waals surface area contributed by atoms with E-state index >= 15 is 0 Å². The summed E-state index contributed by atoms with van der Waals surface area (Å²) in [5, 5.41) is 11.9. The van der Waals surface area contributed by atoms with E-state index in [0.717, 1.165) is 37.9 Å². The van der Waals surface area contributed by atoms with Gasteiger partial charge in [0.05, 0.1) is 11.4 Å². The van der Waals surface area contributed by atoms with Gasteiger partial charge in [-0.15, -0.1) is 0 Å². The van der Waals surface area contributed by atoms with Crippen molar-refractivity contribution in [2.24, 2.45) is 5.73 Å². The summed E-state index contributed by atoms with van der Waals surface area (Å²) in [4.78, 5) is 11.0. The highest BCUT2D eigenvalue weighted by atomic mass is 16.2. The van der Waals surface area contributed by atoms with Gasteiger partial charge < -0.3 is 21.9 Å². The van der Waals surface area contributed by atoms with Crippen molar-refractivity contribution >= 4 is 17.3 Å². The van der Waals surface area contributed by atoms with Gasteiger partial charge in [0.2, 0.25) is 5.91 Å². The number of hydrogen-bond acceptors (Lipinski definition) is 4. The van der Waals surface area contributed by atoms with Gasteiger partial charge in [0.15, 0.2) is 0 Å². The smallest absolute Gasteiger partial charge is 0.248 e. The molecule has 0 aliphatic rings. The number of nitrogens with one attached hydrogen (secondary N) is 1. The molecule has 0 saturated carbocycles. The van der Waals surface area contributed by atoms with Crippen LogP contribution in [0.4, 0.5) is 11.4 Å². The van der Waals surface area contributed by atoms with Crippen LogP contribution in [0.5, 0.6) is 0 Å². The minimum Gasteiger partial charge on any atom is -0.397 e. The second kappa shape index (κ2) is 7.55. The van der Waals surface area contributed by atoms with Crippen LogP contribution < -0.4 is 16.8 Å². The number of nitrogens with two attached hydrogens (primary N) is 2. The van der Waals surface area contributed by atoms with Gasteiger partial charge in [0.25, 0.3) is 0 Å². The van der Waals surface area contributed by atoms with Crippen molar-refractivity contribution in [3.8, 4) is 0 Å². The van der Waals surface area contributed by atoms with Crippen LogP contribution in [0.3, 0.4) is 0 Å². The Bertz CT molecular complexity index is 394. The minimum absolute atomic E-state index is 0.259. The van der Waals surface area contributed by atoms with Gasteiger partial charge in [0, 0.05) is 18.7 Å². The summed E-state index contributed by atoms with van der Waals surface area (Å²) < 4.78 is 0. The number of aliphatic hydroxyl groups excluding tert-OH is 1. The van der Waals surface area contributed by atoms with Crippen molar-refractivity contribution in [1.29, 1.82) is 0 Å². The molecular formula is C13H21N3O2. The normalized spacial score (nSPS) is 10.3. The zero-order chi connectivity index (χ0) is 13.4. The third-order valence-corrected chi connectivity index (χ3v) is 2.74. The van der Waals surface area contributed by atoms with Gasteiger partial charge in [0.1, 0.15) is 0 Å². The maximum Gasteiger partial charge on any atom is 0.248 e. The summed E-state index contributed by atoms with van der Waals surface area (Å²) in [5.74, 6) is -0.475. The molecular weight excluding hydrogens is 230 g/mol. The van der Waals surface area contributed by atoms with Gasteiger partial charge in [-0.2, -0.15) is 0 Å². The molecule has 0 aromatic heterocycles. The summed E-state index contributed by atoms with van der Waals surface area (Å²) >= 11 is 0. The lowest BCUT2D eigenvalue weighted by Crippen LogP contribution is -2.12. The first-order valence-electron chi connectivity index (χ1n) is 6.19. The third-order valence-electron chi connectivity index (χ3n) is 2.74. The van der Waals surface area contributed by atoms with Crippen LogP contribution in [0, 0.1) is 0 Å². The van der Waals surface area contributed by atoms with Crippen LogP contribution in [0.2, 0.25) is 0 Å². The summed E-state index contributed by atoms with van der Waals surface area (Å²) in [7, 11) is 0. The van der Waals surface area contributed by atoms with Crippen LogP contribution in [0.25, 0.3) is 0 Å². The average molecular weight is 251 g/mol. The zero-order valence-corrected chi connectivity index (χ0v) is 10.5. The molecule has 100 valence electrons. The molecule has 0 unspecified atom stereocenters. The Morgan fingerprint density at radius 1 is 1.22 bits per heavy atom. The van der Waals surface area contributed by atoms with E-state index in [9.17, 15) is 4.79 Å². The van der Waals surface area contributed by atoms with Crippen LogP contribution in [0.1, 0.15) is 36.0 Å². The number of primary amides is 1. The van der Waals surface area contributed by atoms with Gasteiger partial charge in [-0.25, -0.2) is 0 Å². The second-order valence-electron chi connectivity index (χ2n) is 4.23. The molecule has 18 heavy (non-hydrogen) atoms. The second-order valence-corrected chi connectivity index (χ2v) is 4.23. The quantitative estimate of drug-likeness (QED) is 0.413. The predicted molar refractivity (Wildman–Crippen MR) is 73.4 cm³/mol. The Morgan fingerprint density at radius 3 is 2.56 bits per heavy atom. The van der Waals surface area contributed by atoms with E-state index in [1.54, 1.807) is 18.2 Å². The molecule has 0 aliphatic carbocycles. The summed E-state index contributed by atoms with van der Waals surface area (Å²) in [6.45, 7) is 1.08. The predicted octanol–water partition coefficient (Wildman–Crippen LogP) is 1.33. The van der Waals surface area contributed by atoms with E-state index in [1.807, 2.05) is 0 Å². The number of anilines is 2. The molecule has 1 aromatic rings. The van der Waals surface area contributed by atoms with E-state index in [1.165, 1.54) is 0 Å². The van der Waals surface area contributed by atoms with E-state index in [0.29, 0.717) is 11.3 Å². The maximum atomic E-state index is 11.0. The van der Waals surface area contributed by atoms with E-state index in [-0.39, 0.29) is 6.61 Å². The molecule has 0 bridgehead atoms. The van der Waals surface area contributed by atoms with Gasteiger partial charge >= 0.3 is 0 Å². The molecule has 1 aromatic carbocycles. The zero-order valence-electron chi connectivity index (χ0n) is 10.5. The van der Waals surface area contributed by atoms with Crippen LogP contribution >= 0.6 is 0 Å². The number of nitrogen functional groups attached to an aromatic ring is 1. The number of amides is 1. The molecule has 5 heteroatoms. The molecule has 0 radical (unpaired) electrons. The Kier molecular flexibility index (Phi) is 6.00. The summed E-state index contributed by atoms with van der Waals surface area (Å²) in [5.41, 5.74) is 12.8. The SMILES string of the molecule is NC(=O)c1ccc(NCCCCCCO)c(N)c1. The van der Waals surface area contributed by atoms with Gasteiger partial charge in [-0.05, 0) is 31.0 Å². The molecule has 0 fully saturated rings. The molecule has 5 nitrogen and oxygen atoms in total. The lowest BCUT2D eigenvalue weighted by atomic mass is 10.1. The van der Waals surface area contributed by atoms with Gasteiger partial charge in [-0.3, -0.25) is 4.79 Å². The molecule has 0 saturated heterocycles. The Labute approximate surface area is 107 Å². The summed E-state index contributed by atoms with van der Waals surface area (Å²) in [6.07, 6.45) is 3.99. The molecule has 6 N–H and O–H groups in total. The van der Waals surface area contributed by atoms with Gasteiger partial charge in [-0.1, -0.05) is 12.8 Å². The highest BCUT2D eigenvalue weighted by molar-refractivity contribution is 5.94. The largest absolute Gasteiger partial charge is 0.397 e. The first-order chi connectivity index (χ1) is 8.65. The van der Waals surface area contributed by atoms with Crippen molar-refractivity contribution in [1.82, 2.24) is 0 Å². The van der Waals surface area contributed by atoms with Crippen LogP contribution in [-0.2, 0) is 0 Å². The Hall–Kier alpha value is -1.75. The van der Waals surface area contributed by atoms with E-state index < -0.39 is 5.91 Å². The standard InChI is InChI=1S/C13H21N3O2/c14-11-9-10(13(15)18)5-6-12(11)16-7-3-1-2-4-8-17/h5-6,9,16-17H,1-4,7-8,14H2,(H2,15,18). The van der Waals surface area contributed by atoms with Crippen molar-refractivity contribution in [3.63, 3.8) is 0 Å². The maximum absolute atomic E-state index is 11.0. The van der Waals surface area contributed by atoms with Crippen molar-refractivity contribution in [3.05, 3.63) is 23.8 Å². The minimum atomic E-state index is -0.475. The van der Waals surface area contributed by atoms with Crippen LogP contribution in [0.15, 0.2) is 18.2 Å².